The Labute approximate surface area is 117 Å². The molecule has 1 N–H and O–H groups in total. The molecule has 2 aliphatic rings. The molecule has 0 spiro atoms. The number of hydrogen-bond donors (Lipinski definition) is 1. The Morgan fingerprint density at radius 2 is 1.63 bits per heavy atom. The number of likely N-dealkylation sites (tertiary alicyclic amines) is 1. The maximum atomic E-state index is 8.75. The van der Waals surface area contributed by atoms with Gasteiger partial charge in [0.05, 0.1) is 12.2 Å². The number of hydrogen-bond acceptors (Lipinski definition) is 4. The predicted octanol–water partition coefficient (Wildman–Crippen LogP) is 1.81. The lowest BCUT2D eigenvalue weighted by Gasteiger charge is -2.34. The quantitative estimate of drug-likeness (QED) is 0.717. The van der Waals surface area contributed by atoms with E-state index in [9.17, 15) is 0 Å². The molecule has 0 unspecified atom stereocenters. The van der Waals surface area contributed by atoms with Crippen LogP contribution < -0.4 is 0 Å². The highest BCUT2D eigenvalue weighted by Gasteiger charge is 2.23. The van der Waals surface area contributed by atoms with Crippen molar-refractivity contribution >= 4 is 0 Å². The van der Waals surface area contributed by atoms with Crippen LogP contribution in [0.1, 0.15) is 44.9 Å². The van der Waals surface area contributed by atoms with E-state index in [0.717, 1.165) is 38.9 Å². The molecular formula is C15H29NO3. The van der Waals surface area contributed by atoms with E-state index in [4.69, 9.17) is 14.6 Å². The van der Waals surface area contributed by atoms with Gasteiger partial charge in [0.2, 0.25) is 0 Å². The smallest absolute Gasteiger partial charge is 0.0622 e. The minimum Gasteiger partial charge on any atom is -0.396 e. The van der Waals surface area contributed by atoms with Crippen LogP contribution >= 0.6 is 0 Å². The van der Waals surface area contributed by atoms with Crippen LogP contribution in [-0.2, 0) is 9.47 Å². The normalized spacial score (nSPS) is 23.8. The van der Waals surface area contributed by atoms with E-state index >= 15 is 0 Å². The highest BCUT2D eigenvalue weighted by Crippen LogP contribution is 2.20. The Balaban J connectivity index is 1.54. The zero-order valence-corrected chi connectivity index (χ0v) is 12.1. The lowest BCUT2D eigenvalue weighted by Crippen LogP contribution is -2.39. The van der Waals surface area contributed by atoms with Crippen LogP contribution in [0.3, 0.4) is 0 Å². The molecule has 0 aromatic carbocycles. The Hall–Kier alpha value is -0.160. The molecule has 4 heteroatoms. The SMILES string of the molecule is OCCCCCN1CCC(OC2CCOCC2)CC1. The van der Waals surface area contributed by atoms with Gasteiger partial charge in [-0.15, -0.1) is 0 Å². The van der Waals surface area contributed by atoms with Crippen LogP contribution in [0.2, 0.25) is 0 Å². The zero-order valence-electron chi connectivity index (χ0n) is 12.1. The van der Waals surface area contributed by atoms with Gasteiger partial charge >= 0.3 is 0 Å². The summed E-state index contributed by atoms with van der Waals surface area (Å²) in [5.74, 6) is 0. The number of piperidine rings is 1. The first-order valence-electron chi connectivity index (χ1n) is 7.95. The van der Waals surface area contributed by atoms with Crippen molar-refractivity contribution in [2.45, 2.75) is 57.2 Å². The summed E-state index contributed by atoms with van der Waals surface area (Å²) in [4.78, 5) is 2.54. The summed E-state index contributed by atoms with van der Waals surface area (Å²) in [5.41, 5.74) is 0. The maximum absolute atomic E-state index is 8.75. The van der Waals surface area contributed by atoms with Gasteiger partial charge in [-0.05, 0) is 51.5 Å². The van der Waals surface area contributed by atoms with Gasteiger partial charge in [-0.1, -0.05) is 0 Å². The molecule has 2 fully saturated rings. The van der Waals surface area contributed by atoms with Crippen molar-refractivity contribution in [2.75, 3.05) is 39.5 Å². The third kappa shape index (κ3) is 5.78. The number of unbranched alkanes of at least 4 members (excludes halogenated alkanes) is 2. The highest BCUT2D eigenvalue weighted by atomic mass is 16.5. The molecule has 112 valence electrons. The molecule has 19 heavy (non-hydrogen) atoms. The molecule has 0 bridgehead atoms. The van der Waals surface area contributed by atoms with E-state index in [0.29, 0.717) is 18.8 Å². The average molecular weight is 271 g/mol. The Morgan fingerprint density at radius 1 is 0.947 bits per heavy atom. The number of nitrogens with zero attached hydrogens (tertiary/aromatic N) is 1. The standard InChI is InChI=1S/C15H29NO3/c17-11-3-1-2-8-16-9-4-14(5-10-16)19-15-6-12-18-13-7-15/h14-15,17H,1-13H2. The lowest BCUT2D eigenvalue weighted by atomic mass is 10.1. The van der Waals surface area contributed by atoms with E-state index in [-0.39, 0.29) is 0 Å². The molecule has 0 aromatic rings. The first-order valence-corrected chi connectivity index (χ1v) is 7.95. The van der Waals surface area contributed by atoms with Crippen LogP contribution in [-0.4, -0.2) is 61.7 Å². The summed E-state index contributed by atoms with van der Waals surface area (Å²) in [6, 6.07) is 0. The fraction of sp³-hybridized carbons (Fsp3) is 1.00. The molecule has 0 saturated carbocycles. The van der Waals surface area contributed by atoms with E-state index < -0.39 is 0 Å². The van der Waals surface area contributed by atoms with Crippen molar-refractivity contribution in [3.05, 3.63) is 0 Å². The van der Waals surface area contributed by atoms with Crippen LogP contribution in [0.5, 0.6) is 0 Å². The van der Waals surface area contributed by atoms with E-state index in [2.05, 4.69) is 4.90 Å². The summed E-state index contributed by atoms with van der Waals surface area (Å²) in [6.45, 7) is 5.60. The number of aliphatic hydroxyl groups is 1. The van der Waals surface area contributed by atoms with Crippen molar-refractivity contribution in [3.63, 3.8) is 0 Å². The summed E-state index contributed by atoms with van der Waals surface area (Å²) < 4.78 is 11.5. The van der Waals surface area contributed by atoms with Gasteiger partial charge in [0, 0.05) is 32.9 Å². The van der Waals surface area contributed by atoms with Crippen LogP contribution in [0.25, 0.3) is 0 Å². The molecule has 2 aliphatic heterocycles. The minimum atomic E-state index is 0.334. The van der Waals surface area contributed by atoms with Crippen LogP contribution in [0.4, 0.5) is 0 Å². The molecule has 0 radical (unpaired) electrons. The van der Waals surface area contributed by atoms with Crippen molar-refractivity contribution in [1.82, 2.24) is 4.90 Å². The van der Waals surface area contributed by atoms with E-state index in [1.807, 2.05) is 0 Å². The summed E-state index contributed by atoms with van der Waals surface area (Å²) in [6.07, 6.45) is 8.72. The predicted molar refractivity (Wildman–Crippen MR) is 75.3 cm³/mol. The minimum absolute atomic E-state index is 0.334. The molecule has 0 aliphatic carbocycles. The molecule has 2 heterocycles. The van der Waals surface area contributed by atoms with Crippen LogP contribution in [0.15, 0.2) is 0 Å². The summed E-state index contributed by atoms with van der Waals surface area (Å²) in [7, 11) is 0. The largest absolute Gasteiger partial charge is 0.396 e. The monoisotopic (exact) mass is 271 g/mol. The Morgan fingerprint density at radius 3 is 2.32 bits per heavy atom. The lowest BCUT2D eigenvalue weighted by molar-refractivity contribution is -0.0846. The summed E-state index contributed by atoms with van der Waals surface area (Å²) >= 11 is 0. The van der Waals surface area contributed by atoms with Crippen molar-refractivity contribution in [2.24, 2.45) is 0 Å². The third-order valence-corrected chi connectivity index (χ3v) is 4.22. The van der Waals surface area contributed by atoms with Crippen molar-refractivity contribution in [3.8, 4) is 0 Å². The van der Waals surface area contributed by atoms with Crippen molar-refractivity contribution in [1.29, 1.82) is 0 Å². The molecule has 4 nitrogen and oxygen atoms in total. The van der Waals surface area contributed by atoms with Gasteiger partial charge in [-0.2, -0.15) is 0 Å². The molecule has 0 atom stereocenters. The average Bonchev–Trinajstić information content (AvgIpc) is 2.46. The topological polar surface area (TPSA) is 41.9 Å². The van der Waals surface area contributed by atoms with Gasteiger partial charge in [0.15, 0.2) is 0 Å². The molecular weight excluding hydrogens is 242 g/mol. The maximum Gasteiger partial charge on any atom is 0.0622 e. The molecule has 2 rings (SSSR count). The van der Waals surface area contributed by atoms with Crippen LogP contribution in [0, 0.1) is 0 Å². The first kappa shape index (κ1) is 15.2. The second kappa shape index (κ2) is 8.90. The molecule has 2 saturated heterocycles. The second-order valence-electron chi connectivity index (χ2n) is 5.77. The Bertz CT molecular complexity index is 223. The van der Waals surface area contributed by atoms with Gasteiger partial charge in [0.1, 0.15) is 0 Å². The highest BCUT2D eigenvalue weighted by molar-refractivity contribution is 4.75. The fourth-order valence-corrected chi connectivity index (χ4v) is 2.98. The number of aliphatic hydroxyl groups excluding tert-OH is 1. The van der Waals surface area contributed by atoms with Gasteiger partial charge in [0.25, 0.3) is 0 Å². The Kier molecular flexibility index (Phi) is 7.14. The van der Waals surface area contributed by atoms with Gasteiger partial charge in [-0.25, -0.2) is 0 Å². The third-order valence-electron chi connectivity index (χ3n) is 4.22. The summed E-state index contributed by atoms with van der Waals surface area (Å²) in [5, 5.41) is 8.75. The fourth-order valence-electron chi connectivity index (χ4n) is 2.98. The first-order chi connectivity index (χ1) is 9.38. The van der Waals surface area contributed by atoms with E-state index in [1.54, 1.807) is 0 Å². The van der Waals surface area contributed by atoms with E-state index in [1.165, 1.54) is 38.9 Å². The number of rotatable bonds is 7. The van der Waals surface area contributed by atoms with Gasteiger partial charge < -0.3 is 19.5 Å². The molecule has 0 amide bonds. The zero-order chi connectivity index (χ0) is 13.3. The van der Waals surface area contributed by atoms with Gasteiger partial charge in [-0.3, -0.25) is 0 Å². The molecule has 0 aromatic heterocycles. The van der Waals surface area contributed by atoms with Crippen molar-refractivity contribution < 1.29 is 14.6 Å². The number of ether oxygens (including phenoxy) is 2. The second-order valence-corrected chi connectivity index (χ2v) is 5.77.